The van der Waals surface area contributed by atoms with Crippen LogP contribution in [0, 0.1) is 6.92 Å². The molecule has 1 fully saturated rings. The summed E-state index contributed by atoms with van der Waals surface area (Å²) >= 11 is 0. The van der Waals surface area contributed by atoms with Crippen LogP contribution in [-0.2, 0) is 7.05 Å². The third-order valence-corrected chi connectivity index (χ3v) is 2.52. The Morgan fingerprint density at radius 2 is 2.38 bits per heavy atom. The molecule has 1 aliphatic rings. The summed E-state index contributed by atoms with van der Waals surface area (Å²) in [4.78, 5) is 0. The molecule has 3 N–H and O–H groups in total. The number of nitrogens with zero attached hydrogens (tertiary/aromatic N) is 2. The highest BCUT2D eigenvalue weighted by Gasteiger charge is 2.37. The Bertz CT molecular complexity index is 311. The van der Waals surface area contributed by atoms with E-state index < -0.39 is 0 Å². The number of nitrogens with two attached hydrogens (primary N) is 1. The lowest BCUT2D eigenvalue weighted by atomic mass is 10.3. The van der Waals surface area contributed by atoms with Gasteiger partial charge in [0.05, 0.1) is 5.69 Å². The number of anilines is 1. The van der Waals surface area contributed by atoms with E-state index in [-0.39, 0.29) is 5.54 Å². The van der Waals surface area contributed by atoms with Gasteiger partial charge in [0.15, 0.2) is 0 Å². The van der Waals surface area contributed by atoms with Gasteiger partial charge in [0.25, 0.3) is 0 Å². The van der Waals surface area contributed by atoms with E-state index in [0.29, 0.717) is 0 Å². The van der Waals surface area contributed by atoms with Crippen molar-refractivity contribution in [3.8, 4) is 0 Å². The van der Waals surface area contributed by atoms with E-state index in [9.17, 15) is 0 Å². The maximum Gasteiger partial charge on any atom is 0.124 e. The highest BCUT2D eigenvalue weighted by Crippen LogP contribution is 2.32. The summed E-state index contributed by atoms with van der Waals surface area (Å²) in [6.07, 6.45) is 2.27. The molecule has 1 heterocycles. The summed E-state index contributed by atoms with van der Waals surface area (Å²) in [5.41, 5.74) is 7.05. The van der Waals surface area contributed by atoms with E-state index in [1.807, 2.05) is 24.7 Å². The van der Waals surface area contributed by atoms with Crippen LogP contribution in [0.25, 0.3) is 0 Å². The topological polar surface area (TPSA) is 55.9 Å². The maximum absolute atomic E-state index is 5.96. The zero-order valence-corrected chi connectivity index (χ0v) is 8.17. The molecule has 4 heteroatoms. The summed E-state index contributed by atoms with van der Waals surface area (Å²) in [7, 11) is 1.94. The number of nitrogens with one attached hydrogen (secondary N) is 1. The summed E-state index contributed by atoms with van der Waals surface area (Å²) in [6.45, 7) is 2.84. The van der Waals surface area contributed by atoms with Crippen molar-refractivity contribution in [2.45, 2.75) is 25.3 Å². The van der Waals surface area contributed by atoms with Crippen molar-refractivity contribution in [2.24, 2.45) is 12.8 Å². The Morgan fingerprint density at radius 3 is 2.85 bits per heavy atom. The minimum Gasteiger partial charge on any atom is -0.368 e. The molecule has 1 aromatic heterocycles. The number of hydrogen-bond acceptors (Lipinski definition) is 3. The largest absolute Gasteiger partial charge is 0.368 e. The van der Waals surface area contributed by atoms with Gasteiger partial charge < -0.3 is 11.1 Å². The lowest BCUT2D eigenvalue weighted by Gasteiger charge is -2.10. The minimum absolute atomic E-state index is 0.0537. The molecule has 0 bridgehead atoms. The Labute approximate surface area is 78.1 Å². The fourth-order valence-electron chi connectivity index (χ4n) is 1.38. The third-order valence-electron chi connectivity index (χ3n) is 2.52. The lowest BCUT2D eigenvalue weighted by Crippen LogP contribution is -2.31. The van der Waals surface area contributed by atoms with Gasteiger partial charge in [-0.3, -0.25) is 4.68 Å². The van der Waals surface area contributed by atoms with Crippen LogP contribution in [0.1, 0.15) is 18.5 Å². The molecule has 1 aromatic rings. The smallest absolute Gasteiger partial charge is 0.124 e. The van der Waals surface area contributed by atoms with Gasteiger partial charge in [0.2, 0.25) is 0 Å². The molecule has 0 unspecified atom stereocenters. The van der Waals surface area contributed by atoms with Gasteiger partial charge in [-0.25, -0.2) is 0 Å². The average molecular weight is 180 g/mol. The van der Waals surface area contributed by atoms with Crippen molar-refractivity contribution in [3.05, 3.63) is 11.8 Å². The standard InChI is InChI=1S/C9H16N4/c1-7-5-8(13(2)12-7)11-6-9(10)3-4-9/h5,11H,3-4,6,10H2,1-2H3. The van der Waals surface area contributed by atoms with Crippen molar-refractivity contribution >= 4 is 5.82 Å². The number of hydrogen-bond donors (Lipinski definition) is 2. The molecule has 0 aliphatic heterocycles. The van der Waals surface area contributed by atoms with Crippen LogP contribution in [-0.4, -0.2) is 21.9 Å². The van der Waals surface area contributed by atoms with Gasteiger partial charge in [-0.1, -0.05) is 0 Å². The van der Waals surface area contributed by atoms with E-state index >= 15 is 0 Å². The SMILES string of the molecule is Cc1cc(NCC2(N)CC2)n(C)n1. The molecule has 4 nitrogen and oxygen atoms in total. The first-order chi connectivity index (χ1) is 6.09. The zero-order chi connectivity index (χ0) is 9.47. The Hall–Kier alpha value is -1.03. The van der Waals surface area contributed by atoms with Crippen molar-refractivity contribution < 1.29 is 0 Å². The predicted molar refractivity (Wildman–Crippen MR) is 52.6 cm³/mol. The first-order valence-corrected chi connectivity index (χ1v) is 4.62. The molecule has 1 aliphatic carbocycles. The van der Waals surface area contributed by atoms with Crippen LogP contribution in [0.4, 0.5) is 5.82 Å². The van der Waals surface area contributed by atoms with E-state index in [1.165, 1.54) is 0 Å². The van der Waals surface area contributed by atoms with Gasteiger partial charge in [0.1, 0.15) is 5.82 Å². The first-order valence-electron chi connectivity index (χ1n) is 4.62. The van der Waals surface area contributed by atoms with E-state index in [0.717, 1.165) is 30.9 Å². The second kappa shape index (κ2) is 2.73. The molecule has 0 radical (unpaired) electrons. The number of rotatable bonds is 3. The molecule has 13 heavy (non-hydrogen) atoms. The molecule has 72 valence electrons. The molecule has 0 amide bonds. The molecule has 1 saturated carbocycles. The molecule has 0 spiro atoms. The van der Waals surface area contributed by atoms with Crippen LogP contribution in [0.3, 0.4) is 0 Å². The normalized spacial score (nSPS) is 18.7. The fourth-order valence-corrected chi connectivity index (χ4v) is 1.38. The Kier molecular flexibility index (Phi) is 1.80. The van der Waals surface area contributed by atoms with Crippen molar-refractivity contribution in [1.29, 1.82) is 0 Å². The second-order valence-corrected chi connectivity index (χ2v) is 4.01. The summed E-state index contributed by atoms with van der Waals surface area (Å²) in [5, 5.41) is 7.56. The van der Waals surface area contributed by atoms with Gasteiger partial charge >= 0.3 is 0 Å². The zero-order valence-electron chi connectivity index (χ0n) is 8.17. The van der Waals surface area contributed by atoms with E-state index in [2.05, 4.69) is 10.4 Å². The van der Waals surface area contributed by atoms with Gasteiger partial charge in [-0.2, -0.15) is 5.10 Å². The first kappa shape index (κ1) is 8.56. The molecule has 0 aromatic carbocycles. The molecule has 0 atom stereocenters. The second-order valence-electron chi connectivity index (χ2n) is 4.01. The maximum atomic E-state index is 5.96. The number of aromatic nitrogens is 2. The van der Waals surface area contributed by atoms with Gasteiger partial charge in [0, 0.05) is 25.2 Å². The summed E-state index contributed by atoms with van der Waals surface area (Å²) < 4.78 is 1.85. The highest BCUT2D eigenvalue weighted by molar-refractivity contribution is 5.37. The summed E-state index contributed by atoms with van der Waals surface area (Å²) in [6, 6.07) is 2.03. The average Bonchev–Trinajstić information content (AvgIpc) is 2.69. The van der Waals surface area contributed by atoms with Crippen LogP contribution in [0.5, 0.6) is 0 Å². The highest BCUT2D eigenvalue weighted by atomic mass is 15.3. The van der Waals surface area contributed by atoms with Gasteiger partial charge in [-0.05, 0) is 19.8 Å². The van der Waals surface area contributed by atoms with Crippen LogP contribution < -0.4 is 11.1 Å². The fraction of sp³-hybridized carbons (Fsp3) is 0.667. The number of aryl methyl sites for hydroxylation is 2. The summed E-state index contributed by atoms with van der Waals surface area (Å²) in [5.74, 6) is 1.05. The van der Waals surface area contributed by atoms with E-state index in [4.69, 9.17) is 5.73 Å². The molecule has 2 rings (SSSR count). The Balaban J connectivity index is 1.97. The molecular weight excluding hydrogens is 164 g/mol. The van der Waals surface area contributed by atoms with Gasteiger partial charge in [-0.15, -0.1) is 0 Å². The van der Waals surface area contributed by atoms with Crippen LogP contribution in [0.15, 0.2) is 6.07 Å². The lowest BCUT2D eigenvalue weighted by molar-refractivity contribution is 0.695. The van der Waals surface area contributed by atoms with Crippen molar-refractivity contribution in [2.75, 3.05) is 11.9 Å². The third kappa shape index (κ3) is 1.83. The minimum atomic E-state index is 0.0537. The quantitative estimate of drug-likeness (QED) is 0.717. The van der Waals surface area contributed by atoms with E-state index in [1.54, 1.807) is 0 Å². The Morgan fingerprint density at radius 1 is 1.69 bits per heavy atom. The van der Waals surface area contributed by atoms with Crippen LogP contribution >= 0.6 is 0 Å². The van der Waals surface area contributed by atoms with Crippen LogP contribution in [0.2, 0.25) is 0 Å². The van der Waals surface area contributed by atoms with Crippen molar-refractivity contribution in [3.63, 3.8) is 0 Å². The predicted octanol–water partition coefficient (Wildman–Crippen LogP) is 0.632. The monoisotopic (exact) mass is 180 g/mol. The van der Waals surface area contributed by atoms with Crippen molar-refractivity contribution in [1.82, 2.24) is 9.78 Å². The molecular formula is C9H16N4. The molecule has 0 saturated heterocycles.